The van der Waals surface area contributed by atoms with Gasteiger partial charge in [0.1, 0.15) is 0 Å². The van der Waals surface area contributed by atoms with E-state index in [9.17, 15) is 0 Å². The van der Waals surface area contributed by atoms with E-state index in [0.29, 0.717) is 23.2 Å². The molecule has 7 nitrogen and oxygen atoms in total. The number of nitrogens with zero attached hydrogens (tertiary/aromatic N) is 5. The first-order chi connectivity index (χ1) is 14.8. The highest BCUT2D eigenvalue weighted by Gasteiger charge is 2.18. The Morgan fingerprint density at radius 2 is 1.87 bits per heavy atom. The summed E-state index contributed by atoms with van der Waals surface area (Å²) in [6, 6.07) is 21.9. The molecule has 0 fully saturated rings. The first kappa shape index (κ1) is 18.4. The number of furan rings is 1. The molecule has 0 atom stereocenters. The molecule has 148 valence electrons. The molecule has 0 N–H and O–H groups in total. The Labute approximate surface area is 176 Å². The van der Waals surface area contributed by atoms with Crippen LogP contribution in [0.2, 0.25) is 0 Å². The van der Waals surface area contributed by atoms with Gasteiger partial charge in [-0.05, 0) is 37.3 Å². The van der Waals surface area contributed by atoms with Crippen LogP contribution >= 0.6 is 11.8 Å². The lowest BCUT2D eigenvalue weighted by molar-refractivity contribution is 0.390. The quantitative estimate of drug-likeness (QED) is 0.353. The minimum Gasteiger partial charge on any atom is -0.461 e. The molecule has 0 aliphatic carbocycles. The fourth-order valence-electron chi connectivity index (χ4n) is 3.09. The zero-order chi connectivity index (χ0) is 20.3. The topological polar surface area (TPSA) is 82.8 Å². The zero-order valence-electron chi connectivity index (χ0n) is 16.1. The van der Waals surface area contributed by atoms with Gasteiger partial charge >= 0.3 is 0 Å². The predicted molar refractivity (Wildman–Crippen MR) is 113 cm³/mol. The Morgan fingerprint density at radius 3 is 2.67 bits per heavy atom. The number of benzene rings is 2. The fraction of sp³-hybridized carbons (Fsp3) is 0.0909. The van der Waals surface area contributed by atoms with Crippen molar-refractivity contribution in [3.05, 3.63) is 84.4 Å². The van der Waals surface area contributed by atoms with Crippen molar-refractivity contribution in [2.24, 2.45) is 0 Å². The number of hydrogen-bond acceptors (Lipinski definition) is 7. The maximum atomic E-state index is 5.36. The second-order valence-electron chi connectivity index (χ2n) is 6.62. The lowest BCUT2D eigenvalue weighted by atomic mass is 10.1. The van der Waals surface area contributed by atoms with E-state index < -0.39 is 0 Å². The molecule has 30 heavy (non-hydrogen) atoms. The minimum absolute atomic E-state index is 0.431. The Kier molecular flexibility index (Phi) is 4.90. The lowest BCUT2D eigenvalue weighted by Crippen LogP contribution is -1.99. The van der Waals surface area contributed by atoms with E-state index in [2.05, 4.69) is 39.4 Å². The number of aryl methyl sites for hydroxylation is 1. The van der Waals surface area contributed by atoms with E-state index in [-0.39, 0.29) is 0 Å². The summed E-state index contributed by atoms with van der Waals surface area (Å²) < 4.78 is 12.7. The molecular weight excluding hydrogens is 398 g/mol. The van der Waals surface area contributed by atoms with E-state index >= 15 is 0 Å². The van der Waals surface area contributed by atoms with Gasteiger partial charge in [-0.2, -0.15) is 4.98 Å². The van der Waals surface area contributed by atoms with E-state index in [0.717, 1.165) is 22.2 Å². The van der Waals surface area contributed by atoms with Gasteiger partial charge in [0.15, 0.2) is 16.7 Å². The van der Waals surface area contributed by atoms with Crippen LogP contribution in [0.3, 0.4) is 0 Å². The number of thioether (sulfide) groups is 1. The molecule has 0 unspecified atom stereocenters. The van der Waals surface area contributed by atoms with E-state index in [1.54, 1.807) is 18.4 Å². The van der Waals surface area contributed by atoms with Crippen molar-refractivity contribution in [2.75, 3.05) is 0 Å². The Morgan fingerprint density at radius 1 is 0.967 bits per heavy atom. The molecule has 5 rings (SSSR count). The third-order valence-electron chi connectivity index (χ3n) is 4.46. The normalized spacial score (nSPS) is 11.1. The maximum Gasteiger partial charge on any atom is 0.238 e. The standard InChI is InChI=1S/C22H17N5O2S/c1-15-7-5-8-16(13-15)21-24-25-22(27(21)17-9-3-2-4-10-17)30-14-19-23-20(26-29-19)18-11-6-12-28-18/h2-13H,14H2,1H3. The smallest absolute Gasteiger partial charge is 0.238 e. The highest BCUT2D eigenvalue weighted by atomic mass is 32.2. The monoisotopic (exact) mass is 415 g/mol. The molecule has 0 aliphatic rings. The average molecular weight is 415 g/mol. The molecule has 0 spiro atoms. The molecule has 0 bridgehead atoms. The SMILES string of the molecule is Cc1cccc(-c2nnc(SCc3nc(-c4ccco4)no3)n2-c2ccccc2)c1. The number of aromatic nitrogens is 5. The molecule has 0 aliphatic heterocycles. The molecule has 3 aromatic heterocycles. The van der Waals surface area contributed by atoms with Gasteiger partial charge in [0.2, 0.25) is 11.7 Å². The summed E-state index contributed by atoms with van der Waals surface area (Å²) in [6.07, 6.45) is 1.58. The van der Waals surface area contributed by atoms with Crippen molar-refractivity contribution in [2.45, 2.75) is 17.8 Å². The summed E-state index contributed by atoms with van der Waals surface area (Å²) in [5.41, 5.74) is 3.17. The summed E-state index contributed by atoms with van der Waals surface area (Å²) >= 11 is 1.49. The van der Waals surface area contributed by atoms with Crippen LogP contribution in [-0.4, -0.2) is 24.9 Å². The van der Waals surface area contributed by atoms with Gasteiger partial charge in [-0.15, -0.1) is 10.2 Å². The van der Waals surface area contributed by atoms with Crippen molar-refractivity contribution in [3.8, 4) is 28.7 Å². The van der Waals surface area contributed by atoms with Crippen LogP contribution < -0.4 is 0 Å². The number of para-hydroxylation sites is 1. The summed E-state index contributed by atoms with van der Waals surface area (Å²) in [6.45, 7) is 2.06. The van der Waals surface area contributed by atoms with Gasteiger partial charge in [-0.3, -0.25) is 4.57 Å². The molecule has 2 aromatic carbocycles. The lowest BCUT2D eigenvalue weighted by Gasteiger charge is -2.10. The van der Waals surface area contributed by atoms with Crippen molar-refractivity contribution < 1.29 is 8.94 Å². The Balaban J connectivity index is 1.46. The predicted octanol–water partition coefficient (Wildman–Crippen LogP) is 5.18. The maximum absolute atomic E-state index is 5.36. The molecule has 0 radical (unpaired) electrons. The van der Waals surface area contributed by atoms with E-state index in [1.165, 1.54) is 17.3 Å². The third-order valence-corrected chi connectivity index (χ3v) is 5.37. The first-order valence-electron chi connectivity index (χ1n) is 9.35. The van der Waals surface area contributed by atoms with Crippen LogP contribution in [0.4, 0.5) is 0 Å². The molecule has 8 heteroatoms. The Bertz CT molecular complexity index is 1260. The van der Waals surface area contributed by atoms with E-state index in [4.69, 9.17) is 8.94 Å². The van der Waals surface area contributed by atoms with Crippen LogP contribution in [0.25, 0.3) is 28.7 Å². The molecule has 0 saturated carbocycles. The van der Waals surface area contributed by atoms with Gasteiger partial charge in [0.25, 0.3) is 0 Å². The van der Waals surface area contributed by atoms with Crippen molar-refractivity contribution in [1.29, 1.82) is 0 Å². The molecule has 5 aromatic rings. The molecule has 3 heterocycles. The molecular formula is C22H17N5O2S. The summed E-state index contributed by atoms with van der Waals surface area (Å²) in [4.78, 5) is 4.40. The summed E-state index contributed by atoms with van der Waals surface area (Å²) in [5, 5.41) is 13.6. The highest BCUT2D eigenvalue weighted by Crippen LogP contribution is 2.30. The largest absolute Gasteiger partial charge is 0.461 e. The average Bonchev–Trinajstić information content (AvgIpc) is 3.53. The van der Waals surface area contributed by atoms with Crippen LogP contribution in [0.1, 0.15) is 11.5 Å². The second-order valence-corrected chi connectivity index (χ2v) is 7.57. The number of rotatable bonds is 6. The van der Waals surface area contributed by atoms with Gasteiger partial charge in [0, 0.05) is 11.3 Å². The summed E-state index contributed by atoms with van der Waals surface area (Å²) in [5.74, 6) is 2.75. The fourth-order valence-corrected chi connectivity index (χ4v) is 3.88. The number of hydrogen-bond donors (Lipinski definition) is 0. The van der Waals surface area contributed by atoms with Crippen molar-refractivity contribution in [1.82, 2.24) is 24.9 Å². The van der Waals surface area contributed by atoms with Crippen molar-refractivity contribution >= 4 is 11.8 Å². The van der Waals surface area contributed by atoms with Gasteiger partial charge < -0.3 is 8.94 Å². The van der Waals surface area contributed by atoms with Crippen LogP contribution in [0, 0.1) is 6.92 Å². The van der Waals surface area contributed by atoms with Crippen LogP contribution in [-0.2, 0) is 5.75 Å². The minimum atomic E-state index is 0.431. The molecule has 0 amide bonds. The zero-order valence-corrected chi connectivity index (χ0v) is 16.9. The van der Waals surface area contributed by atoms with Crippen LogP contribution in [0.5, 0.6) is 0 Å². The highest BCUT2D eigenvalue weighted by molar-refractivity contribution is 7.98. The van der Waals surface area contributed by atoms with Gasteiger partial charge in [0.05, 0.1) is 12.0 Å². The van der Waals surface area contributed by atoms with Crippen LogP contribution in [0.15, 0.2) is 87.1 Å². The first-order valence-corrected chi connectivity index (χ1v) is 10.3. The van der Waals surface area contributed by atoms with Gasteiger partial charge in [-0.25, -0.2) is 0 Å². The second kappa shape index (κ2) is 8.00. The van der Waals surface area contributed by atoms with E-state index in [1.807, 2.05) is 47.0 Å². The molecule has 0 saturated heterocycles. The van der Waals surface area contributed by atoms with Gasteiger partial charge in [-0.1, -0.05) is 58.9 Å². The van der Waals surface area contributed by atoms with Crippen molar-refractivity contribution in [3.63, 3.8) is 0 Å². The third kappa shape index (κ3) is 3.65. The Hall–Kier alpha value is -3.65. The summed E-state index contributed by atoms with van der Waals surface area (Å²) in [7, 11) is 0.